The number of hydrogen-bond acceptors (Lipinski definition) is 3. The topological polar surface area (TPSA) is 43.4 Å². The van der Waals surface area contributed by atoms with Crippen molar-refractivity contribution in [1.82, 2.24) is 0 Å². The van der Waals surface area contributed by atoms with Crippen molar-refractivity contribution >= 4 is 10.1 Å². The Morgan fingerprint density at radius 3 is 2.48 bits per heavy atom. The van der Waals surface area contributed by atoms with Crippen molar-refractivity contribution in [3.63, 3.8) is 0 Å². The Labute approximate surface area is 146 Å². The normalized spacial score (nSPS) is 28.8. The Hall–Kier alpha value is -1.24. The lowest BCUT2D eigenvalue weighted by molar-refractivity contribution is -0.0500. The number of alkyl halides is 3. The molecule has 0 N–H and O–H groups in total. The highest BCUT2D eigenvalue weighted by atomic mass is 32.2. The van der Waals surface area contributed by atoms with E-state index in [-0.39, 0.29) is 16.6 Å². The van der Waals surface area contributed by atoms with Crippen LogP contribution in [0.2, 0.25) is 0 Å². The minimum absolute atomic E-state index is 0.152. The molecule has 140 valence electrons. The summed E-state index contributed by atoms with van der Waals surface area (Å²) in [4.78, 5) is 0. The van der Waals surface area contributed by atoms with E-state index in [1.165, 1.54) is 12.1 Å². The van der Waals surface area contributed by atoms with Gasteiger partial charge >= 0.3 is 15.6 Å². The zero-order valence-electron chi connectivity index (χ0n) is 14.6. The van der Waals surface area contributed by atoms with Crippen LogP contribution in [0.4, 0.5) is 13.2 Å². The van der Waals surface area contributed by atoms with E-state index in [9.17, 15) is 21.6 Å². The molecule has 3 rings (SSSR count). The van der Waals surface area contributed by atoms with Crippen LogP contribution < -0.4 is 4.18 Å². The molecule has 1 aromatic carbocycles. The number of benzene rings is 1. The average Bonchev–Trinajstić information content (AvgIpc) is 2.45. The lowest BCUT2D eigenvalue weighted by Crippen LogP contribution is -2.47. The molecule has 3 nitrogen and oxygen atoms in total. The summed E-state index contributed by atoms with van der Waals surface area (Å²) in [6.07, 6.45) is 5.01. The van der Waals surface area contributed by atoms with Gasteiger partial charge in [-0.1, -0.05) is 33.3 Å². The van der Waals surface area contributed by atoms with Crippen molar-refractivity contribution < 1.29 is 25.8 Å². The summed E-state index contributed by atoms with van der Waals surface area (Å²) in [5, 5.41) is 0. The number of fused-ring (bicyclic) bond motifs is 3. The van der Waals surface area contributed by atoms with Crippen molar-refractivity contribution in [1.29, 1.82) is 0 Å². The minimum Gasteiger partial charge on any atom is -0.376 e. The van der Waals surface area contributed by atoms with Gasteiger partial charge in [-0.3, -0.25) is 0 Å². The van der Waals surface area contributed by atoms with E-state index >= 15 is 0 Å². The first-order chi connectivity index (χ1) is 11.4. The van der Waals surface area contributed by atoms with E-state index in [0.717, 1.165) is 43.2 Å². The van der Waals surface area contributed by atoms with E-state index in [2.05, 4.69) is 25.0 Å². The molecule has 25 heavy (non-hydrogen) atoms. The highest BCUT2D eigenvalue weighted by molar-refractivity contribution is 7.88. The van der Waals surface area contributed by atoms with E-state index in [1.54, 1.807) is 6.07 Å². The van der Waals surface area contributed by atoms with Gasteiger partial charge < -0.3 is 4.18 Å². The maximum absolute atomic E-state index is 12.6. The van der Waals surface area contributed by atoms with Gasteiger partial charge in [0.1, 0.15) is 5.75 Å². The molecule has 0 aliphatic heterocycles. The van der Waals surface area contributed by atoms with Crippen molar-refractivity contribution in [2.75, 3.05) is 0 Å². The molecule has 0 amide bonds. The van der Waals surface area contributed by atoms with Crippen molar-refractivity contribution in [3.8, 4) is 5.75 Å². The third kappa shape index (κ3) is 3.04. The lowest BCUT2D eigenvalue weighted by atomic mass is 9.50. The second-order valence-electron chi connectivity index (χ2n) is 8.15. The van der Waals surface area contributed by atoms with E-state index in [0.29, 0.717) is 5.92 Å². The maximum atomic E-state index is 12.6. The summed E-state index contributed by atoms with van der Waals surface area (Å²) in [5.41, 5.74) is -3.43. The third-order valence-electron chi connectivity index (χ3n) is 6.12. The average molecular weight is 376 g/mol. The molecule has 0 bridgehead atoms. The van der Waals surface area contributed by atoms with Crippen molar-refractivity contribution in [2.24, 2.45) is 11.3 Å². The quantitative estimate of drug-likeness (QED) is 0.542. The molecule has 1 saturated carbocycles. The van der Waals surface area contributed by atoms with Crippen LogP contribution in [0.3, 0.4) is 0 Å². The fourth-order valence-electron chi connectivity index (χ4n) is 4.98. The number of hydrogen-bond donors (Lipinski definition) is 0. The Morgan fingerprint density at radius 2 is 1.84 bits per heavy atom. The first-order valence-corrected chi connectivity index (χ1v) is 9.92. The number of halogens is 3. The third-order valence-corrected chi connectivity index (χ3v) is 7.10. The largest absolute Gasteiger partial charge is 0.534 e. The molecule has 0 radical (unpaired) electrons. The van der Waals surface area contributed by atoms with Gasteiger partial charge in [0, 0.05) is 0 Å². The van der Waals surface area contributed by atoms with Crippen LogP contribution in [0.1, 0.15) is 57.6 Å². The second kappa shape index (κ2) is 5.63. The molecule has 0 aromatic heterocycles. The molecule has 0 saturated heterocycles. The molecule has 2 aliphatic rings. The summed E-state index contributed by atoms with van der Waals surface area (Å²) in [5.74, 6) is 0.150. The van der Waals surface area contributed by atoms with E-state index < -0.39 is 15.6 Å². The minimum atomic E-state index is -5.65. The van der Waals surface area contributed by atoms with Gasteiger partial charge in [-0.25, -0.2) is 0 Å². The van der Waals surface area contributed by atoms with Gasteiger partial charge in [-0.05, 0) is 65.7 Å². The highest BCUT2D eigenvalue weighted by Crippen LogP contribution is 2.57. The summed E-state index contributed by atoms with van der Waals surface area (Å²) >= 11 is 0. The fraction of sp³-hybridized carbons (Fsp3) is 0.667. The Balaban J connectivity index is 2.02. The molecule has 2 atom stereocenters. The molecule has 0 unspecified atom stereocenters. The fourth-order valence-corrected chi connectivity index (χ4v) is 5.44. The summed E-state index contributed by atoms with van der Waals surface area (Å²) in [6.45, 7) is 6.64. The second-order valence-corrected chi connectivity index (χ2v) is 9.69. The Kier molecular flexibility index (Phi) is 4.18. The van der Waals surface area contributed by atoms with Gasteiger partial charge in [0.25, 0.3) is 0 Å². The van der Waals surface area contributed by atoms with E-state index in [1.807, 2.05) is 0 Å². The predicted molar refractivity (Wildman–Crippen MR) is 88.8 cm³/mol. The standard InChI is InChI=1S/C18H23F3O3S/c1-16(2)9-4-10-17(3)14-11-13(24-25(22,23)18(19,20)21)7-5-12(14)6-8-15(16)17/h5,7,11,15H,4,6,8-10H2,1-3H3/t15-,17+/m0/s1. The van der Waals surface area contributed by atoms with Gasteiger partial charge in [0.2, 0.25) is 0 Å². The molecular formula is C18H23F3O3S. The van der Waals surface area contributed by atoms with Crippen LogP contribution in [-0.4, -0.2) is 13.9 Å². The van der Waals surface area contributed by atoms with Gasteiger partial charge in [0.15, 0.2) is 0 Å². The summed E-state index contributed by atoms with van der Waals surface area (Å²) in [6, 6.07) is 4.53. The van der Waals surface area contributed by atoms with Crippen molar-refractivity contribution in [3.05, 3.63) is 29.3 Å². The molecule has 1 fully saturated rings. The lowest BCUT2D eigenvalue weighted by Gasteiger charge is -2.54. The van der Waals surface area contributed by atoms with Crippen LogP contribution in [0.25, 0.3) is 0 Å². The molecule has 7 heteroatoms. The zero-order chi connectivity index (χ0) is 18.7. The molecule has 0 heterocycles. The molecule has 1 aromatic rings. The SMILES string of the molecule is CC1(C)CCC[C@]2(C)c3cc(OS(=O)(=O)C(F)(F)F)ccc3CC[C@@H]12. The highest BCUT2D eigenvalue weighted by Gasteiger charge is 2.51. The van der Waals surface area contributed by atoms with Crippen LogP contribution in [0.15, 0.2) is 18.2 Å². The van der Waals surface area contributed by atoms with Crippen LogP contribution in [0, 0.1) is 11.3 Å². The summed E-state index contributed by atoms with van der Waals surface area (Å²) < 4.78 is 64.7. The number of aryl methyl sites for hydroxylation is 1. The number of rotatable bonds is 2. The molecule has 2 aliphatic carbocycles. The van der Waals surface area contributed by atoms with Crippen LogP contribution in [0.5, 0.6) is 5.75 Å². The van der Waals surface area contributed by atoms with E-state index in [4.69, 9.17) is 0 Å². The Bertz CT molecular complexity index is 783. The molecular weight excluding hydrogens is 353 g/mol. The van der Waals surface area contributed by atoms with Crippen molar-refractivity contribution in [2.45, 2.75) is 63.8 Å². The predicted octanol–water partition coefficient (Wildman–Crippen LogP) is 4.95. The van der Waals surface area contributed by atoms with Gasteiger partial charge in [0.05, 0.1) is 0 Å². The van der Waals surface area contributed by atoms with Gasteiger partial charge in [-0.15, -0.1) is 0 Å². The van der Waals surface area contributed by atoms with Gasteiger partial charge in [-0.2, -0.15) is 21.6 Å². The monoisotopic (exact) mass is 376 g/mol. The maximum Gasteiger partial charge on any atom is 0.534 e. The smallest absolute Gasteiger partial charge is 0.376 e. The first-order valence-electron chi connectivity index (χ1n) is 8.51. The summed E-state index contributed by atoms with van der Waals surface area (Å²) in [7, 11) is -5.65. The zero-order valence-corrected chi connectivity index (χ0v) is 15.4. The van der Waals surface area contributed by atoms with Crippen LogP contribution >= 0.6 is 0 Å². The molecule has 0 spiro atoms. The first kappa shape index (κ1) is 18.5. The van der Waals surface area contributed by atoms with Crippen LogP contribution in [-0.2, 0) is 22.0 Å². The Morgan fingerprint density at radius 1 is 1.16 bits per heavy atom.